The molecule has 0 rings (SSSR count). The van der Waals surface area contributed by atoms with E-state index in [1.807, 2.05) is 0 Å². The van der Waals surface area contributed by atoms with Gasteiger partial charge in [0.2, 0.25) is 5.96 Å². The Morgan fingerprint density at radius 2 is 2.50 bits per heavy atom. The van der Waals surface area contributed by atoms with Gasteiger partial charge >= 0.3 is 0 Å². The summed E-state index contributed by atoms with van der Waals surface area (Å²) in [6, 6.07) is 0. The summed E-state index contributed by atoms with van der Waals surface area (Å²) in [5.41, 5.74) is 5.05. The van der Waals surface area contributed by atoms with Gasteiger partial charge in [0.25, 0.3) is 0 Å². The molecule has 0 aromatic heterocycles. The van der Waals surface area contributed by atoms with Crippen molar-refractivity contribution in [1.29, 1.82) is 0 Å². The first-order valence-electron chi connectivity index (χ1n) is 2.08. The molecule has 0 radical (unpaired) electrons. The van der Waals surface area contributed by atoms with E-state index >= 15 is 0 Å². The molecule has 0 aromatic rings. The van der Waals surface area contributed by atoms with Gasteiger partial charge in [0, 0.05) is 11.8 Å². The first-order valence-corrected chi connectivity index (χ1v) is 2.46. The van der Waals surface area contributed by atoms with Gasteiger partial charge in [-0.3, -0.25) is 9.83 Å². The van der Waals surface area contributed by atoms with Gasteiger partial charge in [-0.1, -0.05) is 0 Å². The van der Waals surface area contributed by atoms with Crippen molar-refractivity contribution in [1.82, 2.24) is 4.84 Å². The predicted molar refractivity (Wildman–Crippen MR) is 32.6 cm³/mol. The molecule has 0 unspecified atom stereocenters. The molecule has 8 heavy (non-hydrogen) atoms. The van der Waals surface area contributed by atoms with E-state index in [1.165, 1.54) is 0 Å². The Labute approximate surface area is 52.5 Å². The number of nitrogens with two attached hydrogens (primary N) is 1. The molecule has 0 spiro atoms. The van der Waals surface area contributed by atoms with Crippen molar-refractivity contribution in [2.75, 3.05) is 13.2 Å². The Balaban J connectivity index is 3.26. The van der Waals surface area contributed by atoms with Crippen molar-refractivity contribution in [2.24, 2.45) is 10.7 Å². The lowest BCUT2D eigenvalue weighted by Gasteiger charge is -1.92. The van der Waals surface area contributed by atoms with Crippen LogP contribution in [0.1, 0.15) is 0 Å². The number of guanidine groups is 1. The maximum absolute atomic E-state index is 8.18. The largest absolute Gasteiger partial charge is 0.394 e. The van der Waals surface area contributed by atoms with Gasteiger partial charge in [-0.2, -0.15) is 0 Å². The van der Waals surface area contributed by atoms with Crippen LogP contribution in [-0.2, 0) is 0 Å². The molecule has 0 heterocycles. The fourth-order valence-corrected chi connectivity index (χ4v) is 0.260. The van der Waals surface area contributed by atoms with Gasteiger partial charge in [-0.15, -0.1) is 0 Å². The molecule has 0 amide bonds. The average Bonchev–Trinajstić information content (AvgIpc) is 1.83. The highest BCUT2D eigenvalue weighted by atomic mass is 35.5. The standard InChI is InChI=1S/C3H8ClN3O/c4-7-3(5)6-1-2-8/h8H,1-2H2,(H3,5,6,7). The molecule has 48 valence electrons. The van der Waals surface area contributed by atoms with E-state index in [0.29, 0.717) is 0 Å². The van der Waals surface area contributed by atoms with Crippen LogP contribution in [0.5, 0.6) is 0 Å². The minimum absolute atomic E-state index is 0.0146. The highest BCUT2D eigenvalue weighted by Gasteiger charge is 1.81. The first kappa shape index (κ1) is 7.52. The van der Waals surface area contributed by atoms with Crippen molar-refractivity contribution in [3.8, 4) is 0 Å². The van der Waals surface area contributed by atoms with E-state index in [0.717, 1.165) is 0 Å². The number of rotatable bonds is 2. The predicted octanol–water partition coefficient (Wildman–Crippen LogP) is -0.963. The van der Waals surface area contributed by atoms with E-state index in [2.05, 4.69) is 9.83 Å². The van der Waals surface area contributed by atoms with Crippen molar-refractivity contribution < 1.29 is 5.11 Å². The number of hydrogen-bond acceptors (Lipinski definition) is 2. The van der Waals surface area contributed by atoms with Crippen LogP contribution in [0.25, 0.3) is 0 Å². The summed E-state index contributed by atoms with van der Waals surface area (Å²) < 4.78 is 0. The zero-order valence-corrected chi connectivity index (χ0v) is 5.02. The van der Waals surface area contributed by atoms with E-state index in [1.54, 1.807) is 0 Å². The molecular formula is C3H8ClN3O. The zero-order chi connectivity index (χ0) is 6.41. The molecule has 5 heteroatoms. The average molecular weight is 138 g/mol. The van der Waals surface area contributed by atoms with Crippen LogP contribution in [0.15, 0.2) is 4.99 Å². The second kappa shape index (κ2) is 4.67. The topological polar surface area (TPSA) is 70.6 Å². The molecule has 0 saturated carbocycles. The third-order valence-electron chi connectivity index (χ3n) is 0.479. The number of aliphatic hydroxyl groups excluding tert-OH is 1. The smallest absolute Gasteiger partial charge is 0.203 e. The molecule has 4 nitrogen and oxygen atoms in total. The Hall–Kier alpha value is -0.480. The second-order valence-electron chi connectivity index (χ2n) is 1.09. The van der Waals surface area contributed by atoms with Gasteiger partial charge in [0.05, 0.1) is 13.2 Å². The van der Waals surface area contributed by atoms with E-state index in [4.69, 9.17) is 22.6 Å². The van der Waals surface area contributed by atoms with E-state index < -0.39 is 0 Å². The van der Waals surface area contributed by atoms with Crippen LogP contribution in [0.2, 0.25) is 0 Å². The summed E-state index contributed by atoms with van der Waals surface area (Å²) in [5.74, 6) is 0.126. The summed E-state index contributed by atoms with van der Waals surface area (Å²) in [6.07, 6.45) is 0. The number of hydrogen-bond donors (Lipinski definition) is 3. The van der Waals surface area contributed by atoms with Gasteiger partial charge < -0.3 is 10.8 Å². The fourth-order valence-electron chi connectivity index (χ4n) is 0.200. The van der Waals surface area contributed by atoms with E-state index in [-0.39, 0.29) is 19.1 Å². The Kier molecular flexibility index (Phi) is 4.39. The monoisotopic (exact) mass is 137 g/mol. The van der Waals surface area contributed by atoms with Crippen molar-refractivity contribution in [3.63, 3.8) is 0 Å². The highest BCUT2D eigenvalue weighted by molar-refractivity contribution is 6.21. The molecular weight excluding hydrogens is 130 g/mol. The number of nitrogens with zero attached hydrogens (tertiary/aromatic N) is 1. The van der Waals surface area contributed by atoms with E-state index in [9.17, 15) is 0 Å². The van der Waals surface area contributed by atoms with Crippen molar-refractivity contribution >= 4 is 17.7 Å². The summed E-state index contributed by atoms with van der Waals surface area (Å²) in [6.45, 7) is 0.269. The second-order valence-corrected chi connectivity index (χ2v) is 1.27. The minimum atomic E-state index is -0.0146. The maximum atomic E-state index is 8.18. The quantitative estimate of drug-likeness (QED) is 0.261. The van der Waals surface area contributed by atoms with Gasteiger partial charge in [0.1, 0.15) is 0 Å². The van der Waals surface area contributed by atoms with Crippen molar-refractivity contribution in [2.45, 2.75) is 0 Å². The summed E-state index contributed by atoms with van der Waals surface area (Å²) >= 11 is 5.00. The lowest BCUT2D eigenvalue weighted by Crippen LogP contribution is -2.24. The summed E-state index contributed by atoms with van der Waals surface area (Å²) in [7, 11) is 0. The Morgan fingerprint density at radius 1 is 1.88 bits per heavy atom. The molecule has 0 atom stereocenters. The number of halogens is 1. The molecule has 0 aliphatic carbocycles. The van der Waals surface area contributed by atoms with Gasteiger partial charge in [-0.25, -0.2) is 0 Å². The number of aliphatic imine (C=N–C) groups is 1. The Bertz CT molecular complexity index is 84.6. The molecule has 0 aromatic carbocycles. The number of aliphatic hydroxyl groups is 1. The molecule has 0 fully saturated rings. The normalized spacial score (nSPS) is 11.5. The third kappa shape index (κ3) is 3.70. The van der Waals surface area contributed by atoms with Crippen LogP contribution in [-0.4, -0.2) is 24.2 Å². The van der Waals surface area contributed by atoms with Gasteiger partial charge in [0.15, 0.2) is 0 Å². The molecule has 4 N–H and O–H groups in total. The lowest BCUT2D eigenvalue weighted by atomic mass is 10.7. The molecule has 0 aliphatic heterocycles. The lowest BCUT2D eigenvalue weighted by molar-refractivity contribution is 0.307. The van der Waals surface area contributed by atoms with Crippen LogP contribution >= 0.6 is 11.8 Å². The molecule has 0 saturated heterocycles. The Morgan fingerprint density at radius 3 is 2.88 bits per heavy atom. The van der Waals surface area contributed by atoms with Crippen LogP contribution in [0.4, 0.5) is 0 Å². The maximum Gasteiger partial charge on any atom is 0.203 e. The number of nitrogens with one attached hydrogen (secondary N) is 1. The molecule has 0 aliphatic rings. The zero-order valence-electron chi connectivity index (χ0n) is 4.26. The van der Waals surface area contributed by atoms with Crippen LogP contribution in [0.3, 0.4) is 0 Å². The summed E-state index contributed by atoms with van der Waals surface area (Å²) in [5, 5.41) is 8.18. The van der Waals surface area contributed by atoms with Crippen molar-refractivity contribution in [3.05, 3.63) is 0 Å². The first-order chi connectivity index (χ1) is 3.81. The highest BCUT2D eigenvalue weighted by Crippen LogP contribution is 1.67. The third-order valence-corrected chi connectivity index (χ3v) is 0.673. The summed E-state index contributed by atoms with van der Waals surface area (Å²) in [4.78, 5) is 5.65. The minimum Gasteiger partial charge on any atom is -0.394 e. The fraction of sp³-hybridized carbons (Fsp3) is 0.667. The van der Waals surface area contributed by atoms with Crippen LogP contribution < -0.4 is 10.6 Å². The SMILES string of the molecule is NC(=NCCO)NCl. The van der Waals surface area contributed by atoms with Crippen LogP contribution in [0, 0.1) is 0 Å². The van der Waals surface area contributed by atoms with Gasteiger partial charge in [-0.05, 0) is 0 Å². The molecule has 0 bridgehead atoms.